The summed E-state index contributed by atoms with van der Waals surface area (Å²) in [6.45, 7) is 0. The van der Waals surface area contributed by atoms with Crippen LogP contribution in [0.4, 0.5) is 0 Å². The zero-order valence-corrected chi connectivity index (χ0v) is 9.16. The van der Waals surface area contributed by atoms with E-state index in [4.69, 9.17) is 0 Å². The second-order valence-corrected chi connectivity index (χ2v) is 4.28. The summed E-state index contributed by atoms with van der Waals surface area (Å²) >= 11 is 1.70. The first-order valence-corrected chi connectivity index (χ1v) is 5.74. The predicted molar refractivity (Wildman–Crippen MR) is 64.0 cm³/mol. The van der Waals surface area contributed by atoms with E-state index in [0.717, 1.165) is 11.3 Å². The molecule has 0 bridgehead atoms. The third-order valence-electron chi connectivity index (χ3n) is 2.57. The van der Waals surface area contributed by atoms with Gasteiger partial charge >= 0.3 is 0 Å². The third kappa shape index (κ3) is 1.27. The maximum atomic E-state index is 4.62. The molecular formula is C12H10N2S. The van der Waals surface area contributed by atoms with Crippen LogP contribution in [0.1, 0.15) is 0 Å². The van der Waals surface area contributed by atoms with Gasteiger partial charge in [-0.2, -0.15) is 11.3 Å². The second kappa shape index (κ2) is 3.21. The number of para-hydroxylation sites is 2. The fourth-order valence-electron chi connectivity index (χ4n) is 1.80. The smallest absolute Gasteiger partial charge is 0.141 e. The SMILES string of the molecule is Cn1c(-c2ccsc2)nc2ccccc21. The highest BCUT2D eigenvalue weighted by molar-refractivity contribution is 7.08. The summed E-state index contributed by atoms with van der Waals surface area (Å²) in [7, 11) is 2.06. The number of imidazole rings is 1. The molecule has 0 spiro atoms. The number of hydrogen-bond donors (Lipinski definition) is 0. The summed E-state index contributed by atoms with van der Waals surface area (Å²) in [5.74, 6) is 1.04. The highest BCUT2D eigenvalue weighted by Gasteiger charge is 2.08. The van der Waals surface area contributed by atoms with Gasteiger partial charge < -0.3 is 4.57 Å². The van der Waals surface area contributed by atoms with Gasteiger partial charge in [0.15, 0.2) is 0 Å². The van der Waals surface area contributed by atoms with Crippen molar-refractivity contribution in [2.75, 3.05) is 0 Å². The van der Waals surface area contributed by atoms with E-state index in [9.17, 15) is 0 Å². The summed E-state index contributed by atoms with van der Waals surface area (Å²) in [6, 6.07) is 10.3. The number of hydrogen-bond acceptors (Lipinski definition) is 2. The molecule has 1 aromatic carbocycles. The number of aryl methyl sites for hydroxylation is 1. The first-order valence-electron chi connectivity index (χ1n) is 4.80. The summed E-state index contributed by atoms with van der Waals surface area (Å²) < 4.78 is 2.14. The molecule has 2 heterocycles. The molecule has 0 atom stereocenters. The second-order valence-electron chi connectivity index (χ2n) is 3.50. The number of nitrogens with zero attached hydrogens (tertiary/aromatic N) is 2. The molecule has 2 aromatic heterocycles. The molecule has 0 N–H and O–H groups in total. The van der Waals surface area contributed by atoms with Gasteiger partial charge in [0, 0.05) is 18.0 Å². The van der Waals surface area contributed by atoms with Crippen LogP contribution in [0.3, 0.4) is 0 Å². The molecule has 0 fully saturated rings. The molecule has 15 heavy (non-hydrogen) atoms. The molecule has 0 radical (unpaired) electrons. The van der Waals surface area contributed by atoms with Crippen LogP contribution in [-0.2, 0) is 7.05 Å². The Labute approximate surface area is 91.8 Å². The van der Waals surface area contributed by atoms with Gasteiger partial charge in [0.2, 0.25) is 0 Å². The van der Waals surface area contributed by atoms with Crippen molar-refractivity contribution < 1.29 is 0 Å². The van der Waals surface area contributed by atoms with Crippen LogP contribution in [0.5, 0.6) is 0 Å². The average Bonchev–Trinajstić information content (AvgIpc) is 2.87. The zero-order chi connectivity index (χ0) is 10.3. The molecule has 3 aromatic rings. The normalized spacial score (nSPS) is 11.0. The van der Waals surface area contributed by atoms with E-state index in [1.165, 1.54) is 11.1 Å². The number of thiophene rings is 1. The zero-order valence-electron chi connectivity index (χ0n) is 8.34. The fraction of sp³-hybridized carbons (Fsp3) is 0.0833. The fourth-order valence-corrected chi connectivity index (χ4v) is 2.43. The highest BCUT2D eigenvalue weighted by atomic mass is 32.1. The van der Waals surface area contributed by atoms with E-state index < -0.39 is 0 Å². The molecule has 0 amide bonds. The van der Waals surface area contributed by atoms with Crippen LogP contribution in [0, 0.1) is 0 Å². The number of aromatic nitrogens is 2. The minimum atomic E-state index is 1.04. The molecule has 2 nitrogen and oxygen atoms in total. The van der Waals surface area contributed by atoms with Crippen molar-refractivity contribution in [3.63, 3.8) is 0 Å². The number of benzene rings is 1. The van der Waals surface area contributed by atoms with Crippen molar-refractivity contribution in [2.45, 2.75) is 0 Å². The molecule has 3 rings (SSSR count). The molecule has 74 valence electrons. The van der Waals surface area contributed by atoms with Crippen molar-refractivity contribution in [1.29, 1.82) is 0 Å². The van der Waals surface area contributed by atoms with Crippen molar-refractivity contribution >= 4 is 22.4 Å². The molecule has 0 saturated carbocycles. The summed E-state index contributed by atoms with van der Waals surface area (Å²) in [5, 5.41) is 4.20. The summed E-state index contributed by atoms with van der Waals surface area (Å²) in [5.41, 5.74) is 3.43. The first kappa shape index (κ1) is 8.68. The van der Waals surface area contributed by atoms with E-state index in [2.05, 4.69) is 39.5 Å². The van der Waals surface area contributed by atoms with Crippen LogP contribution >= 0.6 is 11.3 Å². The Morgan fingerprint density at radius 2 is 2.07 bits per heavy atom. The lowest BCUT2D eigenvalue weighted by Gasteiger charge is -1.98. The predicted octanol–water partition coefficient (Wildman–Crippen LogP) is 3.30. The molecule has 0 aliphatic carbocycles. The van der Waals surface area contributed by atoms with Gasteiger partial charge in [-0.1, -0.05) is 12.1 Å². The van der Waals surface area contributed by atoms with E-state index in [1.807, 2.05) is 18.2 Å². The van der Waals surface area contributed by atoms with E-state index in [-0.39, 0.29) is 0 Å². The Hall–Kier alpha value is -1.61. The topological polar surface area (TPSA) is 17.8 Å². The van der Waals surface area contributed by atoms with Crippen LogP contribution < -0.4 is 0 Å². The van der Waals surface area contributed by atoms with E-state index in [1.54, 1.807) is 11.3 Å². The minimum absolute atomic E-state index is 1.04. The summed E-state index contributed by atoms with van der Waals surface area (Å²) in [4.78, 5) is 4.62. The number of rotatable bonds is 1. The average molecular weight is 214 g/mol. The molecular weight excluding hydrogens is 204 g/mol. The Morgan fingerprint density at radius 3 is 2.80 bits per heavy atom. The van der Waals surface area contributed by atoms with Crippen LogP contribution in [0.25, 0.3) is 22.4 Å². The van der Waals surface area contributed by atoms with Crippen LogP contribution in [-0.4, -0.2) is 9.55 Å². The summed E-state index contributed by atoms with van der Waals surface area (Å²) in [6.07, 6.45) is 0. The molecule has 0 saturated heterocycles. The van der Waals surface area contributed by atoms with Gasteiger partial charge in [-0.05, 0) is 23.6 Å². The van der Waals surface area contributed by atoms with Crippen molar-refractivity contribution in [2.24, 2.45) is 7.05 Å². The maximum absolute atomic E-state index is 4.62. The van der Waals surface area contributed by atoms with Crippen LogP contribution in [0.2, 0.25) is 0 Å². The molecule has 0 aliphatic rings. The number of fused-ring (bicyclic) bond motifs is 1. The third-order valence-corrected chi connectivity index (χ3v) is 3.25. The lowest BCUT2D eigenvalue weighted by molar-refractivity contribution is 0.960. The monoisotopic (exact) mass is 214 g/mol. The molecule has 0 unspecified atom stereocenters. The Balaban J connectivity index is 2.33. The van der Waals surface area contributed by atoms with Crippen molar-refractivity contribution in [3.8, 4) is 11.4 Å². The quantitative estimate of drug-likeness (QED) is 0.607. The van der Waals surface area contributed by atoms with Crippen LogP contribution in [0.15, 0.2) is 41.1 Å². The van der Waals surface area contributed by atoms with E-state index in [0.29, 0.717) is 0 Å². The first-order chi connectivity index (χ1) is 7.36. The highest BCUT2D eigenvalue weighted by Crippen LogP contribution is 2.24. The maximum Gasteiger partial charge on any atom is 0.141 e. The Bertz CT molecular complexity index is 593. The van der Waals surface area contributed by atoms with Gasteiger partial charge in [-0.3, -0.25) is 0 Å². The van der Waals surface area contributed by atoms with Gasteiger partial charge in [-0.15, -0.1) is 0 Å². The van der Waals surface area contributed by atoms with Crippen molar-refractivity contribution in [1.82, 2.24) is 9.55 Å². The van der Waals surface area contributed by atoms with Crippen molar-refractivity contribution in [3.05, 3.63) is 41.1 Å². The van der Waals surface area contributed by atoms with Gasteiger partial charge in [0.25, 0.3) is 0 Å². The van der Waals surface area contributed by atoms with Gasteiger partial charge in [0.1, 0.15) is 5.82 Å². The molecule has 0 aliphatic heterocycles. The molecule has 3 heteroatoms. The minimum Gasteiger partial charge on any atom is -0.327 e. The van der Waals surface area contributed by atoms with E-state index >= 15 is 0 Å². The van der Waals surface area contributed by atoms with Gasteiger partial charge in [0.05, 0.1) is 11.0 Å². The Kier molecular flexibility index (Phi) is 1.86. The lowest BCUT2D eigenvalue weighted by Crippen LogP contribution is -1.90. The Morgan fingerprint density at radius 1 is 1.20 bits per heavy atom. The lowest BCUT2D eigenvalue weighted by atomic mass is 10.3. The standard InChI is InChI=1S/C12H10N2S/c1-14-11-5-3-2-4-10(11)13-12(14)9-6-7-15-8-9/h2-8H,1H3. The van der Waals surface area contributed by atoms with Gasteiger partial charge in [-0.25, -0.2) is 4.98 Å². The largest absolute Gasteiger partial charge is 0.327 e.